The molecular weight excluding hydrogens is 299 g/mol. The zero-order valence-corrected chi connectivity index (χ0v) is 12.3. The van der Waals surface area contributed by atoms with E-state index in [0.717, 1.165) is 19.6 Å². The second-order valence-electron chi connectivity index (χ2n) is 4.99. The minimum Gasteiger partial charge on any atom is -0.467 e. The van der Waals surface area contributed by atoms with Gasteiger partial charge in [0.1, 0.15) is 5.56 Å². The fourth-order valence-corrected chi connectivity index (χ4v) is 2.26. The number of alkyl halides is 3. The van der Waals surface area contributed by atoms with Crippen LogP contribution in [-0.2, 0) is 0 Å². The van der Waals surface area contributed by atoms with E-state index in [0.29, 0.717) is 13.1 Å². The van der Waals surface area contributed by atoms with Crippen LogP contribution in [0.1, 0.15) is 17.3 Å². The van der Waals surface area contributed by atoms with Gasteiger partial charge in [0.2, 0.25) is 5.88 Å². The van der Waals surface area contributed by atoms with Crippen molar-refractivity contribution in [3.63, 3.8) is 0 Å². The zero-order chi connectivity index (χ0) is 16.2. The van der Waals surface area contributed by atoms with Crippen LogP contribution in [0, 0.1) is 0 Å². The van der Waals surface area contributed by atoms with Gasteiger partial charge in [0.05, 0.1) is 0 Å². The smallest absolute Gasteiger partial charge is 0.422 e. The lowest BCUT2D eigenvalue weighted by molar-refractivity contribution is -0.154. The summed E-state index contributed by atoms with van der Waals surface area (Å²) in [5, 5.41) is 0. The zero-order valence-electron chi connectivity index (χ0n) is 12.3. The summed E-state index contributed by atoms with van der Waals surface area (Å²) >= 11 is 0. The van der Waals surface area contributed by atoms with Crippen molar-refractivity contribution in [2.24, 2.45) is 0 Å². The maximum absolute atomic E-state index is 12.4. The lowest BCUT2D eigenvalue weighted by Crippen LogP contribution is -2.48. The molecule has 0 unspecified atom stereocenters. The summed E-state index contributed by atoms with van der Waals surface area (Å²) in [6.07, 6.45) is -3.16. The Morgan fingerprint density at radius 1 is 1.32 bits per heavy atom. The number of likely N-dealkylation sites (N-methyl/N-ethyl adjacent to an activating group) is 1. The molecule has 5 nitrogen and oxygen atoms in total. The summed E-state index contributed by atoms with van der Waals surface area (Å²) in [5.41, 5.74) is 0.0664. The molecule has 1 aromatic rings. The van der Waals surface area contributed by atoms with Crippen LogP contribution < -0.4 is 4.74 Å². The van der Waals surface area contributed by atoms with E-state index in [4.69, 9.17) is 0 Å². The molecule has 0 bridgehead atoms. The molecule has 0 aliphatic carbocycles. The monoisotopic (exact) mass is 317 g/mol. The maximum atomic E-state index is 12.4. The lowest BCUT2D eigenvalue weighted by atomic mass is 10.2. The van der Waals surface area contributed by atoms with E-state index in [-0.39, 0.29) is 17.4 Å². The van der Waals surface area contributed by atoms with E-state index in [1.165, 1.54) is 18.3 Å². The van der Waals surface area contributed by atoms with Crippen molar-refractivity contribution in [3.05, 3.63) is 23.9 Å². The molecule has 1 aromatic heterocycles. The average molecular weight is 317 g/mol. The van der Waals surface area contributed by atoms with Gasteiger partial charge >= 0.3 is 6.18 Å². The van der Waals surface area contributed by atoms with Gasteiger partial charge in [-0.25, -0.2) is 4.98 Å². The highest BCUT2D eigenvalue weighted by Gasteiger charge is 2.30. The molecule has 0 N–H and O–H groups in total. The third-order valence-corrected chi connectivity index (χ3v) is 3.48. The number of ether oxygens (including phenoxy) is 1. The number of hydrogen-bond donors (Lipinski definition) is 0. The Morgan fingerprint density at radius 3 is 2.59 bits per heavy atom. The van der Waals surface area contributed by atoms with Crippen LogP contribution in [0.15, 0.2) is 18.3 Å². The topological polar surface area (TPSA) is 45.7 Å². The third kappa shape index (κ3) is 4.33. The van der Waals surface area contributed by atoms with Crippen LogP contribution in [0.25, 0.3) is 0 Å². The lowest BCUT2D eigenvalue weighted by Gasteiger charge is -2.34. The SMILES string of the molecule is CCN1CCN(C(=O)c2cccnc2OCC(F)(F)F)CC1. The summed E-state index contributed by atoms with van der Waals surface area (Å²) in [6.45, 7) is 4.08. The van der Waals surface area contributed by atoms with Gasteiger partial charge in [0.15, 0.2) is 6.61 Å². The van der Waals surface area contributed by atoms with Crippen LogP contribution >= 0.6 is 0 Å². The van der Waals surface area contributed by atoms with E-state index in [9.17, 15) is 18.0 Å². The van der Waals surface area contributed by atoms with Crippen molar-refractivity contribution in [2.45, 2.75) is 13.1 Å². The number of aromatic nitrogens is 1. The molecule has 122 valence electrons. The fourth-order valence-electron chi connectivity index (χ4n) is 2.26. The highest BCUT2D eigenvalue weighted by Crippen LogP contribution is 2.21. The van der Waals surface area contributed by atoms with E-state index >= 15 is 0 Å². The van der Waals surface area contributed by atoms with E-state index in [1.54, 1.807) is 4.90 Å². The summed E-state index contributed by atoms with van der Waals surface area (Å²) in [5.74, 6) is -0.622. The van der Waals surface area contributed by atoms with Crippen LogP contribution in [0.3, 0.4) is 0 Å². The summed E-state index contributed by atoms with van der Waals surface area (Å²) < 4.78 is 41.4. The number of halogens is 3. The number of carbonyl (C=O) groups is 1. The average Bonchev–Trinajstić information content (AvgIpc) is 2.52. The molecule has 1 aliphatic heterocycles. The molecule has 0 radical (unpaired) electrons. The molecule has 1 amide bonds. The van der Waals surface area contributed by atoms with E-state index in [1.807, 2.05) is 6.92 Å². The van der Waals surface area contributed by atoms with Crippen molar-refractivity contribution in [3.8, 4) is 5.88 Å². The molecule has 2 rings (SSSR count). The first-order valence-electron chi connectivity index (χ1n) is 7.07. The van der Waals surface area contributed by atoms with Crippen LogP contribution in [-0.4, -0.2) is 66.2 Å². The first-order chi connectivity index (χ1) is 10.4. The van der Waals surface area contributed by atoms with E-state index < -0.39 is 12.8 Å². The van der Waals surface area contributed by atoms with Crippen molar-refractivity contribution < 1.29 is 22.7 Å². The molecule has 1 fully saturated rings. The Hall–Kier alpha value is -1.83. The van der Waals surface area contributed by atoms with Gasteiger partial charge < -0.3 is 14.5 Å². The molecule has 0 spiro atoms. The minimum atomic E-state index is -4.47. The van der Waals surface area contributed by atoms with Crippen molar-refractivity contribution in [1.29, 1.82) is 0 Å². The Morgan fingerprint density at radius 2 is 2.00 bits per heavy atom. The van der Waals surface area contributed by atoms with Gasteiger partial charge in [-0.15, -0.1) is 0 Å². The number of piperazine rings is 1. The van der Waals surface area contributed by atoms with Crippen molar-refractivity contribution in [1.82, 2.24) is 14.8 Å². The van der Waals surface area contributed by atoms with Gasteiger partial charge in [-0.1, -0.05) is 6.92 Å². The fraction of sp³-hybridized carbons (Fsp3) is 0.571. The van der Waals surface area contributed by atoms with Gasteiger partial charge in [-0.05, 0) is 18.7 Å². The van der Waals surface area contributed by atoms with Crippen molar-refractivity contribution in [2.75, 3.05) is 39.3 Å². The maximum Gasteiger partial charge on any atom is 0.422 e. The largest absolute Gasteiger partial charge is 0.467 e. The van der Waals surface area contributed by atoms with E-state index in [2.05, 4.69) is 14.6 Å². The first kappa shape index (κ1) is 16.5. The number of pyridine rings is 1. The number of carbonyl (C=O) groups excluding carboxylic acids is 1. The third-order valence-electron chi connectivity index (χ3n) is 3.48. The normalized spacial score (nSPS) is 16.6. The van der Waals surface area contributed by atoms with Crippen LogP contribution in [0.5, 0.6) is 5.88 Å². The van der Waals surface area contributed by atoms with Gasteiger partial charge in [0, 0.05) is 32.4 Å². The Kier molecular flexibility index (Phi) is 5.23. The van der Waals surface area contributed by atoms with Crippen LogP contribution in [0.4, 0.5) is 13.2 Å². The molecule has 1 saturated heterocycles. The number of rotatable bonds is 4. The Bertz CT molecular complexity index is 514. The molecule has 0 aromatic carbocycles. The predicted molar refractivity (Wildman–Crippen MR) is 73.8 cm³/mol. The van der Waals surface area contributed by atoms with Crippen LogP contribution in [0.2, 0.25) is 0 Å². The molecule has 8 heteroatoms. The molecule has 22 heavy (non-hydrogen) atoms. The predicted octanol–water partition coefficient (Wildman–Crippen LogP) is 1.80. The van der Waals surface area contributed by atoms with Crippen molar-refractivity contribution >= 4 is 5.91 Å². The summed E-state index contributed by atoms with van der Waals surface area (Å²) in [6, 6.07) is 2.95. The summed E-state index contributed by atoms with van der Waals surface area (Å²) in [4.78, 5) is 20.0. The summed E-state index contributed by atoms with van der Waals surface area (Å²) in [7, 11) is 0. The molecule has 0 atom stereocenters. The second-order valence-corrected chi connectivity index (χ2v) is 4.99. The van der Waals surface area contributed by atoms with Gasteiger partial charge in [-0.2, -0.15) is 13.2 Å². The first-order valence-corrected chi connectivity index (χ1v) is 7.07. The number of hydrogen-bond acceptors (Lipinski definition) is 4. The molecule has 2 heterocycles. The number of nitrogens with zero attached hydrogens (tertiary/aromatic N) is 3. The second kappa shape index (κ2) is 6.95. The van der Waals surface area contributed by atoms with Gasteiger partial charge in [0.25, 0.3) is 5.91 Å². The minimum absolute atomic E-state index is 0.0664. The number of amides is 1. The highest BCUT2D eigenvalue weighted by molar-refractivity contribution is 5.96. The molecule has 1 aliphatic rings. The van der Waals surface area contributed by atoms with Gasteiger partial charge in [-0.3, -0.25) is 4.79 Å². The standard InChI is InChI=1S/C14H18F3N3O2/c1-2-19-6-8-20(9-7-19)13(21)11-4-3-5-18-12(11)22-10-14(15,16)17/h3-5H,2,6-10H2,1H3. The highest BCUT2D eigenvalue weighted by atomic mass is 19.4. The molecule has 0 saturated carbocycles. The Labute approximate surface area is 126 Å². The Balaban J connectivity index is 2.06. The quantitative estimate of drug-likeness (QED) is 0.849. The molecular formula is C14H18F3N3O2.